The van der Waals surface area contributed by atoms with Crippen LogP contribution >= 0.6 is 15.9 Å². The Labute approximate surface area is 173 Å². The van der Waals surface area contributed by atoms with Crippen molar-refractivity contribution in [1.82, 2.24) is 14.7 Å². The first-order valence-corrected chi connectivity index (χ1v) is 9.70. The number of aryl methyl sites for hydroxylation is 1. The van der Waals surface area contributed by atoms with E-state index in [9.17, 15) is 4.39 Å². The number of ether oxygens (including phenoxy) is 1. The molecule has 6 heteroatoms. The third-order valence-corrected chi connectivity index (χ3v) is 5.22. The second-order valence-electron chi connectivity index (χ2n) is 6.70. The van der Waals surface area contributed by atoms with Crippen molar-refractivity contribution in [3.8, 4) is 17.0 Å². The second-order valence-corrected chi connectivity index (χ2v) is 7.62. The van der Waals surface area contributed by atoms with Crippen LogP contribution in [0.5, 0.6) is 5.75 Å². The van der Waals surface area contributed by atoms with Gasteiger partial charge in [-0.15, -0.1) is 6.58 Å². The zero-order chi connectivity index (χ0) is 20.4. The normalized spacial score (nSPS) is 12.0. The van der Waals surface area contributed by atoms with Gasteiger partial charge in [-0.3, -0.25) is 4.68 Å². The molecule has 2 aromatic carbocycles. The van der Waals surface area contributed by atoms with Gasteiger partial charge >= 0.3 is 0 Å². The van der Waals surface area contributed by atoms with E-state index in [4.69, 9.17) is 4.74 Å². The summed E-state index contributed by atoms with van der Waals surface area (Å²) in [5, 5.41) is 5.32. The fourth-order valence-corrected chi connectivity index (χ4v) is 3.31. The predicted molar refractivity (Wildman–Crippen MR) is 116 cm³/mol. The van der Waals surface area contributed by atoms with Crippen LogP contribution in [0.25, 0.3) is 22.2 Å². The molecule has 3 aromatic rings. The number of fused-ring (bicyclic) bond motifs is 1. The summed E-state index contributed by atoms with van der Waals surface area (Å²) >= 11 is 3.43. The number of hydrogen-bond acceptors (Lipinski definition) is 3. The van der Waals surface area contributed by atoms with Gasteiger partial charge in [0.25, 0.3) is 0 Å². The van der Waals surface area contributed by atoms with Crippen LogP contribution < -0.4 is 4.74 Å². The van der Waals surface area contributed by atoms with Crippen LogP contribution in [-0.2, 0) is 7.05 Å². The van der Waals surface area contributed by atoms with Crippen LogP contribution in [0.1, 0.15) is 6.92 Å². The molecule has 0 aliphatic heterocycles. The van der Waals surface area contributed by atoms with Gasteiger partial charge in [-0.25, -0.2) is 4.39 Å². The Hall–Kier alpha value is -2.60. The van der Waals surface area contributed by atoms with Gasteiger partial charge in [0.05, 0.1) is 5.52 Å². The topological polar surface area (TPSA) is 30.3 Å². The van der Waals surface area contributed by atoms with Crippen molar-refractivity contribution in [1.29, 1.82) is 0 Å². The molecule has 4 nitrogen and oxygen atoms in total. The highest BCUT2D eigenvalue weighted by Crippen LogP contribution is 2.33. The molecule has 146 valence electrons. The number of hydrogen-bond donors (Lipinski definition) is 0. The van der Waals surface area contributed by atoms with Crippen molar-refractivity contribution in [2.24, 2.45) is 7.05 Å². The smallest absolute Gasteiger partial charge is 0.165 e. The van der Waals surface area contributed by atoms with E-state index in [1.165, 1.54) is 6.07 Å². The van der Waals surface area contributed by atoms with E-state index in [-0.39, 0.29) is 11.9 Å². The minimum atomic E-state index is -0.426. The summed E-state index contributed by atoms with van der Waals surface area (Å²) in [7, 11) is 3.74. The van der Waals surface area contributed by atoms with Gasteiger partial charge in [-0.1, -0.05) is 40.7 Å². The van der Waals surface area contributed by atoms with Gasteiger partial charge in [0.15, 0.2) is 11.6 Å². The van der Waals surface area contributed by atoms with Crippen LogP contribution in [0.15, 0.2) is 65.8 Å². The Morgan fingerprint density at radius 3 is 2.68 bits per heavy atom. The van der Waals surface area contributed by atoms with E-state index < -0.39 is 5.82 Å². The molecular formula is C22H23BrFN3O. The lowest BCUT2D eigenvalue weighted by atomic mass is 10.1. The predicted octanol–water partition coefficient (Wildman–Crippen LogP) is 5.54. The SMILES string of the molecule is C=CCN(C)C(=C)C(C)Oc1cc2c(cc1F)c(-c1ccc(Br)cc1)nn2C. The van der Waals surface area contributed by atoms with Crippen molar-refractivity contribution in [2.45, 2.75) is 13.0 Å². The lowest BCUT2D eigenvalue weighted by Gasteiger charge is -2.25. The summed E-state index contributed by atoms with van der Waals surface area (Å²) in [6, 6.07) is 11.0. The Kier molecular flexibility index (Phi) is 5.89. The summed E-state index contributed by atoms with van der Waals surface area (Å²) in [6.45, 7) is 10.3. The Bertz CT molecular complexity index is 1030. The number of likely N-dealkylation sites (N-methyl/N-ethyl adjacent to an activating group) is 1. The van der Waals surface area contributed by atoms with E-state index >= 15 is 0 Å². The first kappa shape index (κ1) is 20.1. The fraction of sp³-hybridized carbons (Fsp3) is 0.227. The van der Waals surface area contributed by atoms with E-state index in [0.717, 1.165) is 32.3 Å². The molecule has 0 saturated carbocycles. The summed E-state index contributed by atoms with van der Waals surface area (Å²) in [4.78, 5) is 1.92. The summed E-state index contributed by atoms with van der Waals surface area (Å²) < 4.78 is 23.4. The molecule has 1 heterocycles. The molecule has 0 saturated heterocycles. The number of rotatable bonds is 7. The Morgan fingerprint density at radius 2 is 2.04 bits per heavy atom. The Balaban J connectivity index is 1.95. The van der Waals surface area contributed by atoms with Gasteiger partial charge in [0.2, 0.25) is 0 Å². The van der Waals surface area contributed by atoms with Crippen molar-refractivity contribution in [2.75, 3.05) is 13.6 Å². The first-order valence-electron chi connectivity index (χ1n) is 8.91. The fourth-order valence-electron chi connectivity index (χ4n) is 3.05. The highest BCUT2D eigenvalue weighted by atomic mass is 79.9. The molecule has 0 amide bonds. The number of aromatic nitrogens is 2. The van der Waals surface area contributed by atoms with Crippen molar-refractivity contribution < 1.29 is 9.13 Å². The quantitative estimate of drug-likeness (QED) is 0.449. The van der Waals surface area contributed by atoms with E-state index in [1.54, 1.807) is 16.8 Å². The standard InChI is InChI=1S/C22H23BrFN3O/c1-6-11-26(4)14(2)15(3)28-21-13-20-18(12-19(21)24)22(25-27(20)5)16-7-9-17(23)10-8-16/h6-10,12-13,15H,1-2,11H2,3-5H3. The molecule has 0 aliphatic carbocycles. The van der Waals surface area contributed by atoms with Gasteiger partial charge in [0.1, 0.15) is 11.8 Å². The third kappa shape index (κ3) is 3.97. The van der Waals surface area contributed by atoms with Crippen molar-refractivity contribution in [3.05, 3.63) is 71.6 Å². The highest BCUT2D eigenvalue weighted by Gasteiger charge is 2.18. The summed E-state index contributed by atoms with van der Waals surface area (Å²) in [6.07, 6.45) is 1.40. The van der Waals surface area contributed by atoms with Crippen molar-refractivity contribution in [3.63, 3.8) is 0 Å². The molecule has 0 bridgehead atoms. The van der Waals surface area contributed by atoms with Crippen molar-refractivity contribution >= 4 is 26.8 Å². The highest BCUT2D eigenvalue weighted by molar-refractivity contribution is 9.10. The molecule has 0 spiro atoms. The van der Waals surface area contributed by atoms with Crippen LogP contribution in [0, 0.1) is 5.82 Å². The second kappa shape index (κ2) is 8.19. The van der Waals surface area contributed by atoms with Gasteiger partial charge in [-0.05, 0) is 25.1 Å². The lowest BCUT2D eigenvalue weighted by molar-refractivity contribution is 0.210. The minimum absolute atomic E-state index is 0.179. The largest absolute Gasteiger partial charge is 0.481 e. The first-order chi connectivity index (χ1) is 13.3. The van der Waals surface area contributed by atoms with E-state index in [1.807, 2.05) is 50.2 Å². The molecule has 1 atom stereocenters. The Morgan fingerprint density at radius 1 is 1.36 bits per heavy atom. The third-order valence-electron chi connectivity index (χ3n) is 4.69. The lowest BCUT2D eigenvalue weighted by Crippen LogP contribution is -2.28. The van der Waals surface area contributed by atoms with Gasteiger partial charge < -0.3 is 9.64 Å². The van der Waals surface area contributed by atoms with Gasteiger partial charge in [0, 0.05) is 47.8 Å². The van der Waals surface area contributed by atoms with E-state index in [2.05, 4.69) is 34.2 Å². The van der Waals surface area contributed by atoms with Crippen LogP contribution in [0.4, 0.5) is 4.39 Å². The molecule has 0 N–H and O–H groups in total. The molecule has 28 heavy (non-hydrogen) atoms. The number of benzene rings is 2. The molecule has 1 aromatic heterocycles. The summed E-state index contributed by atoms with van der Waals surface area (Å²) in [5.74, 6) is -0.247. The van der Waals surface area contributed by atoms with Gasteiger partial charge in [-0.2, -0.15) is 5.10 Å². The maximum atomic E-state index is 14.8. The maximum absolute atomic E-state index is 14.8. The molecular weight excluding hydrogens is 421 g/mol. The van der Waals surface area contributed by atoms with Crippen LogP contribution in [0.2, 0.25) is 0 Å². The molecule has 1 unspecified atom stereocenters. The molecule has 0 radical (unpaired) electrons. The number of nitrogens with zero attached hydrogens (tertiary/aromatic N) is 3. The van der Waals surface area contributed by atoms with Crippen LogP contribution in [0.3, 0.4) is 0 Å². The zero-order valence-electron chi connectivity index (χ0n) is 16.2. The molecule has 3 rings (SSSR count). The monoisotopic (exact) mass is 443 g/mol. The zero-order valence-corrected chi connectivity index (χ0v) is 17.8. The molecule has 0 aliphatic rings. The summed E-state index contributed by atoms with van der Waals surface area (Å²) in [5.41, 5.74) is 3.21. The average Bonchev–Trinajstić information content (AvgIpc) is 2.98. The minimum Gasteiger partial charge on any atom is -0.481 e. The average molecular weight is 444 g/mol. The van der Waals surface area contributed by atoms with E-state index in [0.29, 0.717) is 6.54 Å². The van der Waals surface area contributed by atoms with Crippen LogP contribution in [-0.4, -0.2) is 34.4 Å². The molecule has 0 fully saturated rings. The number of halogens is 2. The maximum Gasteiger partial charge on any atom is 0.165 e.